The SMILES string of the molecule is CC(CNC(=O)C1CC2CCCC(C1)C2N)Oc1ccccc1. The van der Waals surface area contributed by atoms with Gasteiger partial charge in [-0.15, -0.1) is 0 Å². The van der Waals surface area contributed by atoms with Gasteiger partial charge in [0.15, 0.2) is 0 Å². The number of benzene rings is 1. The minimum absolute atomic E-state index is 0.0355. The second-order valence-electron chi connectivity index (χ2n) is 7.18. The van der Waals surface area contributed by atoms with Crippen molar-refractivity contribution in [2.75, 3.05) is 6.54 Å². The van der Waals surface area contributed by atoms with E-state index in [0.717, 1.165) is 18.6 Å². The molecule has 2 aliphatic rings. The molecule has 0 aromatic heterocycles. The van der Waals surface area contributed by atoms with Crippen LogP contribution in [-0.2, 0) is 4.79 Å². The topological polar surface area (TPSA) is 64.4 Å². The summed E-state index contributed by atoms with van der Waals surface area (Å²) in [7, 11) is 0. The molecular formula is C19H28N2O2. The minimum atomic E-state index is -0.0355. The molecule has 1 amide bonds. The molecule has 0 aliphatic heterocycles. The molecule has 2 fully saturated rings. The molecule has 23 heavy (non-hydrogen) atoms. The van der Waals surface area contributed by atoms with E-state index >= 15 is 0 Å². The van der Waals surface area contributed by atoms with E-state index in [-0.39, 0.29) is 17.9 Å². The number of hydrogen-bond donors (Lipinski definition) is 2. The second-order valence-corrected chi connectivity index (χ2v) is 7.18. The van der Waals surface area contributed by atoms with Crippen molar-refractivity contribution < 1.29 is 9.53 Å². The van der Waals surface area contributed by atoms with Crippen LogP contribution in [0.25, 0.3) is 0 Å². The molecule has 0 heterocycles. The summed E-state index contributed by atoms with van der Waals surface area (Å²) in [5, 5.41) is 3.07. The molecule has 3 N–H and O–H groups in total. The van der Waals surface area contributed by atoms with E-state index in [1.54, 1.807) is 0 Å². The molecule has 2 aliphatic carbocycles. The van der Waals surface area contributed by atoms with Crippen molar-refractivity contribution in [1.82, 2.24) is 5.32 Å². The van der Waals surface area contributed by atoms with Gasteiger partial charge in [0.25, 0.3) is 0 Å². The Hall–Kier alpha value is -1.55. The van der Waals surface area contributed by atoms with Crippen molar-refractivity contribution >= 4 is 5.91 Å². The summed E-state index contributed by atoms with van der Waals surface area (Å²) in [6.45, 7) is 2.53. The van der Waals surface area contributed by atoms with E-state index < -0.39 is 0 Å². The number of hydrogen-bond acceptors (Lipinski definition) is 3. The Kier molecular flexibility index (Phi) is 5.21. The molecule has 3 unspecified atom stereocenters. The van der Waals surface area contributed by atoms with Gasteiger partial charge in [-0.05, 0) is 56.6 Å². The van der Waals surface area contributed by atoms with Crippen LogP contribution in [0.4, 0.5) is 0 Å². The molecule has 4 nitrogen and oxygen atoms in total. The quantitative estimate of drug-likeness (QED) is 0.878. The minimum Gasteiger partial charge on any atom is -0.489 e. The molecule has 3 rings (SSSR count). The molecule has 126 valence electrons. The van der Waals surface area contributed by atoms with Gasteiger partial charge < -0.3 is 15.8 Å². The Bertz CT molecular complexity index is 505. The zero-order valence-corrected chi connectivity index (χ0v) is 13.9. The molecule has 0 radical (unpaired) electrons. The van der Waals surface area contributed by atoms with Gasteiger partial charge in [0.1, 0.15) is 11.9 Å². The molecule has 4 heteroatoms. The number of nitrogens with two attached hydrogens (primary N) is 1. The highest BCUT2D eigenvalue weighted by molar-refractivity contribution is 5.78. The third-order valence-electron chi connectivity index (χ3n) is 5.43. The number of nitrogens with one attached hydrogen (secondary N) is 1. The van der Waals surface area contributed by atoms with Crippen molar-refractivity contribution in [3.63, 3.8) is 0 Å². The molecule has 2 saturated carbocycles. The lowest BCUT2D eigenvalue weighted by Crippen LogP contribution is -2.49. The van der Waals surface area contributed by atoms with Crippen molar-refractivity contribution in [3.8, 4) is 5.75 Å². The Balaban J connectivity index is 1.46. The first-order valence-electron chi connectivity index (χ1n) is 8.88. The van der Waals surface area contributed by atoms with E-state index in [1.165, 1.54) is 19.3 Å². The lowest BCUT2D eigenvalue weighted by molar-refractivity contribution is -0.128. The molecule has 1 aromatic carbocycles. The average molecular weight is 316 g/mol. The third kappa shape index (κ3) is 4.05. The van der Waals surface area contributed by atoms with E-state index in [9.17, 15) is 4.79 Å². The zero-order valence-electron chi connectivity index (χ0n) is 13.9. The van der Waals surface area contributed by atoms with Gasteiger partial charge in [-0.2, -0.15) is 0 Å². The number of carbonyl (C=O) groups is 1. The van der Waals surface area contributed by atoms with Gasteiger partial charge in [0.05, 0.1) is 6.54 Å². The number of rotatable bonds is 5. The lowest BCUT2D eigenvalue weighted by atomic mass is 9.65. The van der Waals surface area contributed by atoms with Gasteiger partial charge in [-0.3, -0.25) is 4.79 Å². The van der Waals surface area contributed by atoms with E-state index in [0.29, 0.717) is 24.4 Å². The van der Waals surface area contributed by atoms with Crippen molar-refractivity contribution in [3.05, 3.63) is 30.3 Å². The van der Waals surface area contributed by atoms with Gasteiger partial charge in [-0.25, -0.2) is 0 Å². The monoisotopic (exact) mass is 316 g/mol. The molecule has 0 saturated heterocycles. The summed E-state index contributed by atoms with van der Waals surface area (Å²) in [4.78, 5) is 12.5. The number of para-hydroxylation sites is 1. The summed E-state index contributed by atoms with van der Waals surface area (Å²) in [6.07, 6.45) is 5.53. The summed E-state index contributed by atoms with van der Waals surface area (Å²) < 4.78 is 5.81. The summed E-state index contributed by atoms with van der Waals surface area (Å²) in [5.41, 5.74) is 6.30. The Morgan fingerprint density at radius 3 is 2.57 bits per heavy atom. The molecular weight excluding hydrogens is 288 g/mol. The van der Waals surface area contributed by atoms with Crippen LogP contribution in [-0.4, -0.2) is 24.6 Å². The van der Waals surface area contributed by atoms with Gasteiger partial charge in [0.2, 0.25) is 5.91 Å². The summed E-state index contributed by atoms with van der Waals surface area (Å²) in [5.74, 6) is 2.23. The lowest BCUT2D eigenvalue weighted by Gasteiger charge is -2.43. The van der Waals surface area contributed by atoms with E-state index in [2.05, 4.69) is 5.32 Å². The normalized spacial score (nSPS) is 31.2. The first-order chi connectivity index (χ1) is 11.1. The fraction of sp³-hybridized carbons (Fsp3) is 0.632. The largest absolute Gasteiger partial charge is 0.489 e. The van der Waals surface area contributed by atoms with Crippen LogP contribution in [0.5, 0.6) is 5.75 Å². The maximum absolute atomic E-state index is 12.5. The fourth-order valence-electron chi connectivity index (χ4n) is 4.16. The number of carbonyl (C=O) groups excluding carboxylic acids is 1. The molecule has 0 spiro atoms. The van der Waals surface area contributed by atoms with Crippen molar-refractivity contribution in [2.45, 2.75) is 51.2 Å². The second kappa shape index (κ2) is 7.35. The number of amides is 1. The molecule has 3 atom stereocenters. The molecule has 1 aromatic rings. The van der Waals surface area contributed by atoms with Crippen LogP contribution < -0.4 is 15.8 Å². The highest BCUT2D eigenvalue weighted by Gasteiger charge is 2.40. The highest BCUT2D eigenvalue weighted by atomic mass is 16.5. The highest BCUT2D eigenvalue weighted by Crippen LogP contribution is 2.41. The smallest absolute Gasteiger partial charge is 0.223 e. The maximum Gasteiger partial charge on any atom is 0.223 e. The van der Waals surface area contributed by atoms with Crippen LogP contribution >= 0.6 is 0 Å². The molecule has 2 bridgehead atoms. The summed E-state index contributed by atoms with van der Waals surface area (Å²) in [6, 6.07) is 10.0. The predicted octanol–water partition coefficient (Wildman–Crippen LogP) is 2.72. The van der Waals surface area contributed by atoms with Crippen LogP contribution in [0.3, 0.4) is 0 Å². The third-order valence-corrected chi connectivity index (χ3v) is 5.43. The predicted molar refractivity (Wildman–Crippen MR) is 91.1 cm³/mol. The Morgan fingerprint density at radius 1 is 1.26 bits per heavy atom. The van der Waals surface area contributed by atoms with Crippen LogP contribution in [0, 0.1) is 17.8 Å². The van der Waals surface area contributed by atoms with Crippen LogP contribution in [0.1, 0.15) is 39.0 Å². The summed E-state index contributed by atoms with van der Waals surface area (Å²) >= 11 is 0. The number of ether oxygens (including phenoxy) is 1. The Labute approximate surface area is 138 Å². The van der Waals surface area contributed by atoms with Crippen LogP contribution in [0.15, 0.2) is 30.3 Å². The first-order valence-corrected chi connectivity index (χ1v) is 8.88. The van der Waals surface area contributed by atoms with Gasteiger partial charge >= 0.3 is 0 Å². The Morgan fingerprint density at radius 2 is 1.91 bits per heavy atom. The van der Waals surface area contributed by atoms with Crippen molar-refractivity contribution in [1.29, 1.82) is 0 Å². The fourth-order valence-corrected chi connectivity index (χ4v) is 4.16. The van der Waals surface area contributed by atoms with E-state index in [1.807, 2.05) is 37.3 Å². The van der Waals surface area contributed by atoms with Crippen molar-refractivity contribution in [2.24, 2.45) is 23.5 Å². The standard InChI is InChI=1S/C19H28N2O2/c1-13(23-17-8-3-2-4-9-17)12-21-19(22)16-10-14-6-5-7-15(11-16)18(14)20/h2-4,8-9,13-16,18H,5-7,10-12,20H2,1H3,(H,21,22). The number of fused-ring (bicyclic) bond motifs is 2. The average Bonchev–Trinajstić information content (AvgIpc) is 2.53. The maximum atomic E-state index is 12.5. The van der Waals surface area contributed by atoms with E-state index in [4.69, 9.17) is 10.5 Å². The first kappa shape index (κ1) is 16.3. The zero-order chi connectivity index (χ0) is 16.2. The van der Waals surface area contributed by atoms with Gasteiger partial charge in [0, 0.05) is 12.0 Å². The van der Waals surface area contributed by atoms with Crippen LogP contribution in [0.2, 0.25) is 0 Å². The van der Waals surface area contributed by atoms with Gasteiger partial charge in [-0.1, -0.05) is 24.6 Å².